The van der Waals surface area contributed by atoms with Crippen LogP contribution in [0.5, 0.6) is 0 Å². The van der Waals surface area contributed by atoms with Crippen molar-refractivity contribution in [3.05, 3.63) is 42.5 Å². The Balaban J connectivity index is 1.60. The van der Waals surface area contributed by atoms with Crippen LogP contribution in [0.4, 0.5) is 10.3 Å². The molecule has 21 heavy (non-hydrogen) atoms. The van der Waals surface area contributed by atoms with Crippen LogP contribution in [-0.4, -0.2) is 51.0 Å². The van der Waals surface area contributed by atoms with Crippen LogP contribution < -0.4 is 4.90 Å². The number of hydrogen-bond donors (Lipinski definition) is 0. The minimum Gasteiger partial charge on any atom is -0.339 e. The van der Waals surface area contributed by atoms with Gasteiger partial charge in [0.15, 0.2) is 5.82 Å². The number of likely N-dealkylation sites (N-methyl/N-ethyl adjacent to an activating group) is 1. The third-order valence-corrected chi connectivity index (χ3v) is 3.69. The zero-order valence-electron chi connectivity index (χ0n) is 11.9. The standard InChI is InChI=1S/C14H17FN6/c1-20(10-13-16-4-2-5-17-13)12-3-6-21(9-12)14-18-7-11(15)8-19-14/h2,4-5,7-8,12H,3,6,9-10H2,1H3/t12-/m0/s1. The Labute approximate surface area is 122 Å². The van der Waals surface area contributed by atoms with Crippen LogP contribution in [0, 0.1) is 5.82 Å². The Hall–Kier alpha value is -2.15. The molecule has 0 bridgehead atoms. The smallest absolute Gasteiger partial charge is 0.225 e. The van der Waals surface area contributed by atoms with Crippen LogP contribution in [-0.2, 0) is 6.54 Å². The molecule has 3 rings (SSSR count). The molecule has 0 N–H and O–H groups in total. The lowest BCUT2D eigenvalue weighted by molar-refractivity contribution is 0.244. The van der Waals surface area contributed by atoms with Crippen LogP contribution in [0.3, 0.4) is 0 Å². The fourth-order valence-electron chi connectivity index (χ4n) is 2.52. The largest absolute Gasteiger partial charge is 0.339 e. The lowest BCUT2D eigenvalue weighted by atomic mass is 10.2. The van der Waals surface area contributed by atoms with Gasteiger partial charge in [-0.2, -0.15) is 0 Å². The molecule has 6 nitrogen and oxygen atoms in total. The summed E-state index contributed by atoms with van der Waals surface area (Å²) < 4.78 is 12.9. The van der Waals surface area contributed by atoms with E-state index in [2.05, 4.69) is 36.8 Å². The van der Waals surface area contributed by atoms with Crippen molar-refractivity contribution >= 4 is 5.95 Å². The monoisotopic (exact) mass is 288 g/mol. The lowest BCUT2D eigenvalue weighted by Gasteiger charge is -2.23. The summed E-state index contributed by atoms with van der Waals surface area (Å²) >= 11 is 0. The fraction of sp³-hybridized carbons (Fsp3) is 0.429. The summed E-state index contributed by atoms with van der Waals surface area (Å²) in [4.78, 5) is 20.9. The Morgan fingerprint density at radius 3 is 2.67 bits per heavy atom. The first-order chi connectivity index (χ1) is 10.2. The topological polar surface area (TPSA) is 58.0 Å². The van der Waals surface area contributed by atoms with Gasteiger partial charge in [0.25, 0.3) is 0 Å². The number of rotatable bonds is 4. The van der Waals surface area contributed by atoms with Gasteiger partial charge in [-0.05, 0) is 19.5 Å². The lowest BCUT2D eigenvalue weighted by Crippen LogP contribution is -2.35. The van der Waals surface area contributed by atoms with Gasteiger partial charge in [-0.1, -0.05) is 0 Å². The van der Waals surface area contributed by atoms with Crippen LogP contribution in [0.15, 0.2) is 30.9 Å². The van der Waals surface area contributed by atoms with Crippen molar-refractivity contribution in [1.82, 2.24) is 24.8 Å². The number of nitrogens with zero attached hydrogens (tertiary/aromatic N) is 6. The molecule has 1 aliphatic rings. The maximum absolute atomic E-state index is 12.9. The summed E-state index contributed by atoms with van der Waals surface area (Å²) in [6.45, 7) is 2.41. The van der Waals surface area contributed by atoms with Crippen LogP contribution in [0.2, 0.25) is 0 Å². The maximum Gasteiger partial charge on any atom is 0.225 e. The summed E-state index contributed by atoms with van der Waals surface area (Å²) in [6.07, 6.45) is 6.94. The van der Waals surface area contributed by atoms with E-state index in [4.69, 9.17) is 0 Å². The quantitative estimate of drug-likeness (QED) is 0.840. The molecule has 0 unspecified atom stereocenters. The van der Waals surface area contributed by atoms with Crippen molar-refractivity contribution in [2.45, 2.75) is 19.0 Å². The Bertz CT molecular complexity index is 576. The van der Waals surface area contributed by atoms with E-state index >= 15 is 0 Å². The Morgan fingerprint density at radius 2 is 1.95 bits per heavy atom. The molecule has 0 amide bonds. The molecule has 0 aromatic carbocycles. The SMILES string of the molecule is CN(Cc1ncccn1)[C@H]1CCN(c2ncc(F)cn2)C1. The van der Waals surface area contributed by atoms with Gasteiger partial charge >= 0.3 is 0 Å². The second-order valence-electron chi connectivity index (χ2n) is 5.17. The highest BCUT2D eigenvalue weighted by molar-refractivity contribution is 5.31. The molecule has 2 aromatic heterocycles. The maximum atomic E-state index is 12.9. The molecule has 1 aliphatic heterocycles. The van der Waals surface area contributed by atoms with E-state index in [9.17, 15) is 4.39 Å². The zero-order chi connectivity index (χ0) is 14.7. The summed E-state index contributed by atoms with van der Waals surface area (Å²) in [7, 11) is 2.07. The molecule has 1 saturated heterocycles. The molecule has 1 fully saturated rings. The molecule has 3 heterocycles. The number of anilines is 1. The molecular formula is C14H17FN6. The van der Waals surface area contributed by atoms with Gasteiger partial charge in [-0.15, -0.1) is 0 Å². The molecular weight excluding hydrogens is 271 g/mol. The first kappa shape index (κ1) is 13.8. The molecule has 0 spiro atoms. The predicted octanol–water partition coefficient (Wildman–Crippen LogP) is 1.12. The Kier molecular flexibility index (Phi) is 4.01. The van der Waals surface area contributed by atoms with Crippen LogP contribution in [0.25, 0.3) is 0 Å². The van der Waals surface area contributed by atoms with E-state index in [0.717, 1.165) is 25.3 Å². The van der Waals surface area contributed by atoms with E-state index < -0.39 is 5.82 Å². The van der Waals surface area contributed by atoms with Crippen molar-refractivity contribution in [2.75, 3.05) is 25.0 Å². The van der Waals surface area contributed by atoms with Gasteiger partial charge in [-0.25, -0.2) is 24.3 Å². The third kappa shape index (κ3) is 3.30. The van der Waals surface area contributed by atoms with Gasteiger partial charge in [0, 0.05) is 31.5 Å². The summed E-state index contributed by atoms with van der Waals surface area (Å²) in [5.41, 5.74) is 0. The molecule has 0 aliphatic carbocycles. The number of aromatic nitrogens is 4. The first-order valence-corrected chi connectivity index (χ1v) is 6.91. The van der Waals surface area contributed by atoms with Crippen molar-refractivity contribution < 1.29 is 4.39 Å². The molecule has 7 heteroatoms. The summed E-state index contributed by atoms with van der Waals surface area (Å²) in [5.74, 6) is 0.993. The fourth-order valence-corrected chi connectivity index (χ4v) is 2.52. The minimum atomic E-state index is -0.409. The van der Waals surface area contributed by atoms with Crippen molar-refractivity contribution in [1.29, 1.82) is 0 Å². The highest BCUT2D eigenvalue weighted by atomic mass is 19.1. The highest BCUT2D eigenvalue weighted by Gasteiger charge is 2.27. The highest BCUT2D eigenvalue weighted by Crippen LogP contribution is 2.19. The van der Waals surface area contributed by atoms with Crippen molar-refractivity contribution in [3.8, 4) is 0 Å². The Morgan fingerprint density at radius 1 is 1.24 bits per heavy atom. The van der Waals surface area contributed by atoms with E-state index in [-0.39, 0.29) is 0 Å². The van der Waals surface area contributed by atoms with Gasteiger partial charge in [-0.3, -0.25) is 4.90 Å². The van der Waals surface area contributed by atoms with E-state index in [1.54, 1.807) is 12.4 Å². The van der Waals surface area contributed by atoms with E-state index in [0.29, 0.717) is 18.5 Å². The zero-order valence-corrected chi connectivity index (χ0v) is 11.9. The van der Waals surface area contributed by atoms with Crippen LogP contribution in [0.1, 0.15) is 12.2 Å². The van der Waals surface area contributed by atoms with Crippen molar-refractivity contribution in [2.24, 2.45) is 0 Å². The average Bonchev–Trinajstić information content (AvgIpc) is 2.99. The molecule has 110 valence electrons. The van der Waals surface area contributed by atoms with Crippen molar-refractivity contribution in [3.63, 3.8) is 0 Å². The summed E-state index contributed by atoms with van der Waals surface area (Å²) in [6, 6.07) is 2.20. The van der Waals surface area contributed by atoms with Gasteiger partial charge in [0.1, 0.15) is 5.82 Å². The van der Waals surface area contributed by atoms with Crippen LogP contribution >= 0.6 is 0 Å². The van der Waals surface area contributed by atoms with Gasteiger partial charge in [0.2, 0.25) is 5.95 Å². The average molecular weight is 288 g/mol. The number of hydrogen-bond acceptors (Lipinski definition) is 6. The number of halogens is 1. The summed E-state index contributed by atoms with van der Waals surface area (Å²) in [5, 5.41) is 0. The third-order valence-electron chi connectivity index (χ3n) is 3.69. The van der Waals surface area contributed by atoms with Gasteiger partial charge < -0.3 is 4.90 Å². The van der Waals surface area contributed by atoms with E-state index in [1.807, 2.05) is 6.07 Å². The molecule has 0 saturated carbocycles. The predicted molar refractivity (Wildman–Crippen MR) is 76.1 cm³/mol. The van der Waals surface area contributed by atoms with Gasteiger partial charge in [0.05, 0.1) is 18.9 Å². The molecule has 0 radical (unpaired) electrons. The second kappa shape index (κ2) is 6.09. The molecule has 2 aromatic rings. The normalized spacial score (nSPS) is 18.4. The first-order valence-electron chi connectivity index (χ1n) is 6.91. The van der Waals surface area contributed by atoms with E-state index in [1.165, 1.54) is 12.4 Å². The molecule has 1 atom stereocenters. The second-order valence-corrected chi connectivity index (χ2v) is 5.17. The minimum absolute atomic E-state index is 0.391.